The minimum Gasteiger partial charge on any atom is -0.0654 e. The van der Waals surface area contributed by atoms with Crippen molar-refractivity contribution in [2.45, 2.75) is 45.4 Å². The predicted molar refractivity (Wildman–Crippen MR) is 75.9 cm³/mol. The van der Waals surface area contributed by atoms with Crippen molar-refractivity contribution in [1.82, 2.24) is 0 Å². The van der Waals surface area contributed by atoms with Crippen molar-refractivity contribution in [2.75, 3.05) is 0 Å². The molecule has 0 spiro atoms. The molecule has 0 nitrogen and oxygen atoms in total. The number of rotatable bonds is 7. The van der Waals surface area contributed by atoms with Crippen molar-refractivity contribution in [3.8, 4) is 0 Å². The van der Waals surface area contributed by atoms with Gasteiger partial charge in [0, 0.05) is 3.57 Å². The summed E-state index contributed by atoms with van der Waals surface area (Å²) in [5.41, 5.74) is 1.46. The first-order valence-electron chi connectivity index (χ1n) is 5.89. The van der Waals surface area contributed by atoms with Crippen molar-refractivity contribution in [1.29, 1.82) is 0 Å². The Morgan fingerprint density at radius 1 is 1.07 bits per heavy atom. The molecule has 1 heteroatoms. The standard InChI is InChI=1S/C14H20I/c1-2-3-4-5-6-7-8-13-9-11-14(15)12-10-13/h6,9-12H,2-5,7-8H2,1H3. The number of unbranched alkanes of at least 4 members (excludes halogenated alkanes) is 5. The minimum absolute atomic E-state index is 1.20. The smallest absolute Gasteiger partial charge is 0.0130 e. The van der Waals surface area contributed by atoms with Crippen LogP contribution in [0.1, 0.15) is 44.6 Å². The lowest BCUT2D eigenvalue weighted by Gasteiger charge is -2.01. The summed E-state index contributed by atoms with van der Waals surface area (Å²) < 4.78 is 1.32. The highest BCUT2D eigenvalue weighted by atomic mass is 127. The second-order valence-electron chi connectivity index (χ2n) is 3.95. The molecule has 0 heterocycles. The van der Waals surface area contributed by atoms with E-state index < -0.39 is 0 Å². The third-order valence-electron chi connectivity index (χ3n) is 2.56. The Labute approximate surface area is 108 Å². The largest absolute Gasteiger partial charge is 0.0654 e. The van der Waals surface area contributed by atoms with Gasteiger partial charge >= 0.3 is 0 Å². The van der Waals surface area contributed by atoms with Crippen molar-refractivity contribution < 1.29 is 0 Å². The molecule has 1 aromatic carbocycles. The van der Waals surface area contributed by atoms with Crippen LogP contribution in [0.3, 0.4) is 0 Å². The van der Waals surface area contributed by atoms with Gasteiger partial charge in [-0.05, 0) is 59.5 Å². The van der Waals surface area contributed by atoms with Crippen LogP contribution in [0.2, 0.25) is 0 Å². The lowest BCUT2D eigenvalue weighted by molar-refractivity contribution is 0.690. The van der Waals surface area contributed by atoms with Gasteiger partial charge in [-0.1, -0.05) is 44.7 Å². The average molecular weight is 315 g/mol. The van der Waals surface area contributed by atoms with Crippen LogP contribution in [0.15, 0.2) is 24.3 Å². The second kappa shape index (κ2) is 8.14. The van der Waals surface area contributed by atoms with Crippen LogP contribution >= 0.6 is 22.6 Å². The van der Waals surface area contributed by atoms with Gasteiger partial charge in [0.05, 0.1) is 0 Å². The molecule has 1 rings (SSSR count). The first-order chi connectivity index (χ1) is 7.33. The highest BCUT2D eigenvalue weighted by Crippen LogP contribution is 2.11. The van der Waals surface area contributed by atoms with E-state index in [1.807, 2.05) is 0 Å². The third kappa shape index (κ3) is 6.18. The van der Waals surface area contributed by atoms with E-state index in [4.69, 9.17) is 0 Å². The molecule has 0 atom stereocenters. The van der Waals surface area contributed by atoms with Crippen molar-refractivity contribution in [2.24, 2.45) is 0 Å². The topological polar surface area (TPSA) is 0 Å². The summed E-state index contributed by atoms with van der Waals surface area (Å²) in [5.74, 6) is 0. The SMILES string of the molecule is CCCCC[CH]CCc1ccc(I)cc1. The summed E-state index contributed by atoms with van der Waals surface area (Å²) in [4.78, 5) is 0. The molecule has 0 aliphatic heterocycles. The molecule has 0 saturated carbocycles. The van der Waals surface area contributed by atoms with Gasteiger partial charge in [-0.25, -0.2) is 0 Å². The third-order valence-corrected chi connectivity index (χ3v) is 3.28. The summed E-state index contributed by atoms with van der Waals surface area (Å²) in [6.07, 6.45) is 10.2. The predicted octanol–water partition coefficient (Wildman–Crippen LogP) is 5.01. The molecule has 0 unspecified atom stereocenters. The lowest BCUT2D eigenvalue weighted by atomic mass is 10.1. The van der Waals surface area contributed by atoms with Crippen molar-refractivity contribution in [3.63, 3.8) is 0 Å². The molecule has 1 radical (unpaired) electrons. The average Bonchev–Trinajstić information content (AvgIpc) is 2.26. The molecule has 83 valence electrons. The maximum atomic E-state index is 2.44. The monoisotopic (exact) mass is 315 g/mol. The fourth-order valence-corrected chi connectivity index (χ4v) is 1.96. The van der Waals surface area contributed by atoms with Gasteiger partial charge in [0.15, 0.2) is 0 Å². The first-order valence-corrected chi connectivity index (χ1v) is 6.97. The van der Waals surface area contributed by atoms with Gasteiger partial charge in [-0.15, -0.1) is 0 Å². The fraction of sp³-hybridized carbons (Fsp3) is 0.500. The fourth-order valence-electron chi connectivity index (χ4n) is 1.60. The normalized spacial score (nSPS) is 10.5. The Bertz CT molecular complexity index is 251. The summed E-state index contributed by atoms with van der Waals surface area (Å²) >= 11 is 2.35. The van der Waals surface area contributed by atoms with Crippen LogP contribution in [0, 0.1) is 9.99 Å². The molecule has 0 aliphatic rings. The zero-order valence-corrected chi connectivity index (χ0v) is 11.7. The van der Waals surface area contributed by atoms with E-state index in [1.165, 1.54) is 47.7 Å². The molecule has 0 aromatic heterocycles. The van der Waals surface area contributed by atoms with Crippen LogP contribution in [0.4, 0.5) is 0 Å². The Morgan fingerprint density at radius 2 is 1.80 bits per heavy atom. The molecular weight excluding hydrogens is 295 g/mol. The molecule has 0 aliphatic carbocycles. The van der Waals surface area contributed by atoms with Gasteiger partial charge in [0.2, 0.25) is 0 Å². The summed E-state index contributed by atoms with van der Waals surface area (Å²) in [7, 11) is 0. The van der Waals surface area contributed by atoms with E-state index >= 15 is 0 Å². The molecular formula is C14H20I. The minimum atomic E-state index is 1.20. The zero-order valence-electron chi connectivity index (χ0n) is 9.51. The lowest BCUT2D eigenvalue weighted by Crippen LogP contribution is -1.87. The Morgan fingerprint density at radius 3 is 2.47 bits per heavy atom. The number of hydrogen-bond acceptors (Lipinski definition) is 0. The maximum absolute atomic E-state index is 2.44. The van der Waals surface area contributed by atoms with Gasteiger partial charge < -0.3 is 0 Å². The highest BCUT2D eigenvalue weighted by molar-refractivity contribution is 14.1. The van der Waals surface area contributed by atoms with Gasteiger partial charge in [0.25, 0.3) is 0 Å². The van der Waals surface area contributed by atoms with Crippen molar-refractivity contribution >= 4 is 22.6 Å². The van der Waals surface area contributed by atoms with E-state index in [9.17, 15) is 0 Å². The number of halogens is 1. The highest BCUT2D eigenvalue weighted by Gasteiger charge is 1.94. The second-order valence-corrected chi connectivity index (χ2v) is 5.20. The number of hydrogen-bond donors (Lipinski definition) is 0. The number of benzene rings is 1. The van der Waals surface area contributed by atoms with E-state index in [1.54, 1.807) is 0 Å². The quantitative estimate of drug-likeness (QED) is 0.490. The summed E-state index contributed by atoms with van der Waals surface area (Å²) in [6, 6.07) is 8.85. The van der Waals surface area contributed by atoms with E-state index in [-0.39, 0.29) is 0 Å². The van der Waals surface area contributed by atoms with E-state index in [2.05, 4.69) is 60.2 Å². The molecule has 0 amide bonds. The molecule has 0 fully saturated rings. The summed E-state index contributed by atoms with van der Waals surface area (Å²) in [5, 5.41) is 0. The van der Waals surface area contributed by atoms with Gasteiger partial charge in [-0.2, -0.15) is 0 Å². The van der Waals surface area contributed by atoms with Gasteiger partial charge in [0.1, 0.15) is 0 Å². The first kappa shape index (κ1) is 13.0. The molecule has 0 saturated heterocycles. The molecule has 0 bridgehead atoms. The van der Waals surface area contributed by atoms with Gasteiger partial charge in [-0.3, -0.25) is 0 Å². The molecule has 0 N–H and O–H groups in total. The van der Waals surface area contributed by atoms with Crippen LogP contribution in [0.5, 0.6) is 0 Å². The molecule has 1 aromatic rings. The Balaban J connectivity index is 2.07. The van der Waals surface area contributed by atoms with Crippen LogP contribution in [-0.4, -0.2) is 0 Å². The van der Waals surface area contributed by atoms with Crippen LogP contribution < -0.4 is 0 Å². The Hall–Kier alpha value is -0.0500. The van der Waals surface area contributed by atoms with Crippen molar-refractivity contribution in [3.05, 3.63) is 39.8 Å². The van der Waals surface area contributed by atoms with Crippen LogP contribution in [0.25, 0.3) is 0 Å². The maximum Gasteiger partial charge on any atom is 0.0130 e. The molecule has 15 heavy (non-hydrogen) atoms. The van der Waals surface area contributed by atoms with Crippen LogP contribution in [-0.2, 0) is 6.42 Å². The van der Waals surface area contributed by atoms with E-state index in [0.717, 1.165) is 0 Å². The Kier molecular flexibility index (Phi) is 7.07. The zero-order chi connectivity index (χ0) is 10.9. The van der Waals surface area contributed by atoms with E-state index in [0.29, 0.717) is 0 Å². The summed E-state index contributed by atoms with van der Waals surface area (Å²) in [6.45, 7) is 2.26. The number of aryl methyl sites for hydroxylation is 1.